The van der Waals surface area contributed by atoms with Crippen LogP contribution >= 0.6 is 0 Å². The molecule has 0 saturated heterocycles. The number of hydrogen-bond acceptors (Lipinski definition) is 2. The first kappa shape index (κ1) is 8.54. The molecule has 2 nitrogen and oxygen atoms in total. The van der Waals surface area contributed by atoms with Gasteiger partial charge in [0.1, 0.15) is 12.4 Å². The lowest BCUT2D eigenvalue weighted by Gasteiger charge is -2.28. The molecule has 2 heteroatoms. The summed E-state index contributed by atoms with van der Waals surface area (Å²) in [7, 11) is 0. The predicted molar refractivity (Wildman–Crippen MR) is 50.1 cm³/mol. The van der Waals surface area contributed by atoms with Crippen molar-refractivity contribution < 1.29 is 9.53 Å². The van der Waals surface area contributed by atoms with Crippen LogP contribution in [0.4, 0.5) is 0 Å². The molecule has 0 aromatic heterocycles. The van der Waals surface area contributed by atoms with E-state index in [-0.39, 0.29) is 11.2 Å². The Kier molecular flexibility index (Phi) is 1.62. The summed E-state index contributed by atoms with van der Waals surface area (Å²) in [6.45, 7) is 8.53. The normalized spacial score (nSPS) is 26.0. The Hall–Kier alpha value is -1.05. The lowest BCUT2D eigenvalue weighted by atomic mass is 9.76. The third-order valence-corrected chi connectivity index (χ3v) is 2.61. The van der Waals surface area contributed by atoms with Crippen molar-refractivity contribution in [3.63, 3.8) is 0 Å². The molecule has 0 amide bonds. The topological polar surface area (TPSA) is 26.3 Å². The van der Waals surface area contributed by atoms with E-state index in [1.54, 1.807) is 0 Å². The highest BCUT2D eigenvalue weighted by Crippen LogP contribution is 2.42. The first-order chi connectivity index (χ1) is 5.99. The lowest BCUT2D eigenvalue weighted by molar-refractivity contribution is -0.118. The zero-order chi connectivity index (χ0) is 9.64. The van der Waals surface area contributed by atoms with Gasteiger partial charge in [0.05, 0.1) is 5.57 Å². The summed E-state index contributed by atoms with van der Waals surface area (Å²) >= 11 is 0. The third-order valence-electron chi connectivity index (χ3n) is 2.61. The SMILES string of the molecule is C=C1COC2=C1C(=O)CC(C)(C)C2. The quantitative estimate of drug-likeness (QED) is 0.568. The minimum absolute atomic E-state index is 0.0561. The average Bonchev–Trinajstić information content (AvgIpc) is 2.28. The third kappa shape index (κ3) is 1.30. The molecule has 70 valence electrons. The van der Waals surface area contributed by atoms with E-state index in [0.29, 0.717) is 13.0 Å². The highest BCUT2D eigenvalue weighted by atomic mass is 16.5. The lowest BCUT2D eigenvalue weighted by Crippen LogP contribution is -2.24. The van der Waals surface area contributed by atoms with Crippen molar-refractivity contribution in [1.29, 1.82) is 0 Å². The maximum Gasteiger partial charge on any atom is 0.167 e. The second kappa shape index (κ2) is 2.47. The Bertz CT molecular complexity index is 321. The van der Waals surface area contributed by atoms with E-state index in [1.807, 2.05) is 0 Å². The largest absolute Gasteiger partial charge is 0.492 e. The van der Waals surface area contributed by atoms with E-state index in [1.165, 1.54) is 0 Å². The molecule has 0 bridgehead atoms. The number of rotatable bonds is 0. The second-order valence-electron chi connectivity index (χ2n) is 4.63. The van der Waals surface area contributed by atoms with E-state index in [4.69, 9.17) is 4.74 Å². The molecular formula is C11H14O2. The number of hydrogen-bond donors (Lipinski definition) is 0. The van der Waals surface area contributed by atoms with Crippen LogP contribution in [0.15, 0.2) is 23.5 Å². The molecule has 0 unspecified atom stereocenters. The molecule has 2 aliphatic rings. The van der Waals surface area contributed by atoms with Crippen molar-refractivity contribution in [2.75, 3.05) is 6.61 Å². The predicted octanol–water partition coefficient (Wildman–Crippen LogP) is 2.22. The summed E-state index contributed by atoms with van der Waals surface area (Å²) < 4.78 is 5.43. The van der Waals surface area contributed by atoms with E-state index in [2.05, 4.69) is 20.4 Å². The van der Waals surface area contributed by atoms with Crippen LogP contribution in [0.3, 0.4) is 0 Å². The molecular weight excluding hydrogens is 164 g/mol. The summed E-state index contributed by atoms with van der Waals surface area (Å²) in [6, 6.07) is 0. The van der Waals surface area contributed by atoms with E-state index in [9.17, 15) is 4.79 Å². The van der Waals surface area contributed by atoms with Crippen LogP contribution in [0.1, 0.15) is 26.7 Å². The Morgan fingerprint density at radius 3 is 2.77 bits per heavy atom. The van der Waals surface area contributed by atoms with E-state index >= 15 is 0 Å². The molecule has 2 rings (SSSR count). The Balaban J connectivity index is 2.40. The zero-order valence-corrected chi connectivity index (χ0v) is 8.14. The number of carbonyl (C=O) groups excluding carboxylic acids is 1. The molecule has 1 aliphatic heterocycles. The maximum absolute atomic E-state index is 11.7. The van der Waals surface area contributed by atoms with Crippen molar-refractivity contribution in [2.45, 2.75) is 26.7 Å². The van der Waals surface area contributed by atoms with Gasteiger partial charge in [-0.05, 0) is 11.0 Å². The Morgan fingerprint density at radius 2 is 2.08 bits per heavy atom. The highest BCUT2D eigenvalue weighted by Gasteiger charge is 2.37. The molecule has 13 heavy (non-hydrogen) atoms. The molecule has 1 heterocycles. The molecule has 0 atom stereocenters. The van der Waals surface area contributed by atoms with Crippen molar-refractivity contribution in [3.8, 4) is 0 Å². The summed E-state index contributed by atoms with van der Waals surface area (Å²) in [5.74, 6) is 1.07. The summed E-state index contributed by atoms with van der Waals surface area (Å²) in [5.41, 5.74) is 1.69. The van der Waals surface area contributed by atoms with Crippen molar-refractivity contribution >= 4 is 5.78 Å². The fraction of sp³-hybridized carbons (Fsp3) is 0.545. The Morgan fingerprint density at radius 1 is 1.38 bits per heavy atom. The van der Waals surface area contributed by atoms with E-state index in [0.717, 1.165) is 23.3 Å². The van der Waals surface area contributed by atoms with Gasteiger partial charge < -0.3 is 4.74 Å². The van der Waals surface area contributed by atoms with Gasteiger partial charge in [-0.1, -0.05) is 20.4 Å². The Labute approximate surface area is 78.3 Å². The van der Waals surface area contributed by atoms with Gasteiger partial charge in [-0.15, -0.1) is 0 Å². The van der Waals surface area contributed by atoms with Gasteiger partial charge in [0, 0.05) is 12.8 Å². The van der Waals surface area contributed by atoms with Gasteiger partial charge in [-0.25, -0.2) is 0 Å². The van der Waals surface area contributed by atoms with Crippen LogP contribution in [0.5, 0.6) is 0 Å². The van der Waals surface area contributed by atoms with Crippen molar-refractivity contribution in [3.05, 3.63) is 23.5 Å². The van der Waals surface area contributed by atoms with Gasteiger partial charge in [0.15, 0.2) is 5.78 Å². The number of allylic oxidation sites excluding steroid dienone is 1. The molecule has 0 saturated carbocycles. The van der Waals surface area contributed by atoms with Crippen LogP contribution in [-0.4, -0.2) is 12.4 Å². The van der Waals surface area contributed by atoms with Crippen LogP contribution in [0.2, 0.25) is 0 Å². The fourth-order valence-electron chi connectivity index (χ4n) is 2.03. The molecule has 0 radical (unpaired) electrons. The number of ether oxygens (including phenoxy) is 1. The molecule has 0 N–H and O–H groups in total. The summed E-state index contributed by atoms with van der Waals surface area (Å²) in [5, 5.41) is 0. The smallest absolute Gasteiger partial charge is 0.167 e. The molecule has 0 fully saturated rings. The van der Waals surface area contributed by atoms with Crippen LogP contribution in [0.25, 0.3) is 0 Å². The van der Waals surface area contributed by atoms with E-state index < -0.39 is 0 Å². The van der Waals surface area contributed by atoms with Crippen LogP contribution in [0, 0.1) is 5.41 Å². The van der Waals surface area contributed by atoms with Gasteiger partial charge in [0.2, 0.25) is 0 Å². The highest BCUT2D eigenvalue weighted by molar-refractivity contribution is 6.01. The fourth-order valence-corrected chi connectivity index (χ4v) is 2.03. The summed E-state index contributed by atoms with van der Waals surface area (Å²) in [4.78, 5) is 11.7. The number of carbonyl (C=O) groups is 1. The average molecular weight is 178 g/mol. The van der Waals surface area contributed by atoms with Gasteiger partial charge in [-0.2, -0.15) is 0 Å². The summed E-state index contributed by atoms with van der Waals surface area (Å²) in [6.07, 6.45) is 1.49. The minimum Gasteiger partial charge on any atom is -0.492 e. The molecule has 0 aromatic carbocycles. The minimum atomic E-state index is 0.0561. The van der Waals surface area contributed by atoms with Crippen molar-refractivity contribution in [1.82, 2.24) is 0 Å². The molecule has 0 aromatic rings. The van der Waals surface area contributed by atoms with Gasteiger partial charge in [-0.3, -0.25) is 4.79 Å². The van der Waals surface area contributed by atoms with Crippen LogP contribution in [-0.2, 0) is 9.53 Å². The molecule has 0 spiro atoms. The standard InChI is InChI=1S/C11H14O2/c1-7-6-13-9-5-11(2,3)4-8(12)10(7)9/h1,4-6H2,2-3H3. The number of ketones is 1. The van der Waals surface area contributed by atoms with Gasteiger partial charge >= 0.3 is 0 Å². The monoisotopic (exact) mass is 178 g/mol. The van der Waals surface area contributed by atoms with Gasteiger partial charge in [0.25, 0.3) is 0 Å². The number of Topliss-reactive ketones (excluding diaryl/α,β-unsaturated/α-hetero) is 1. The molecule has 1 aliphatic carbocycles. The van der Waals surface area contributed by atoms with Crippen LogP contribution < -0.4 is 0 Å². The second-order valence-corrected chi connectivity index (χ2v) is 4.63. The van der Waals surface area contributed by atoms with Crippen molar-refractivity contribution in [2.24, 2.45) is 5.41 Å². The zero-order valence-electron chi connectivity index (χ0n) is 8.14. The first-order valence-corrected chi connectivity index (χ1v) is 4.57. The maximum atomic E-state index is 11.7. The first-order valence-electron chi connectivity index (χ1n) is 4.57.